The maximum Gasteiger partial charge on any atom is 0.430 e. The van der Waals surface area contributed by atoms with E-state index in [1.165, 1.54) is 30.1 Å². The molecule has 0 radical (unpaired) electrons. The predicted molar refractivity (Wildman–Crippen MR) is 153 cm³/mol. The summed E-state index contributed by atoms with van der Waals surface area (Å²) in [6.07, 6.45) is -2.41. The minimum Gasteiger partial charge on any atom is -0.465 e. The van der Waals surface area contributed by atoms with Crippen LogP contribution in [0.25, 0.3) is 0 Å². The molecule has 11 nitrogen and oxygen atoms in total. The van der Waals surface area contributed by atoms with Crippen molar-refractivity contribution >= 4 is 68.0 Å². The van der Waals surface area contributed by atoms with Crippen LogP contribution in [-0.4, -0.2) is 68.4 Å². The van der Waals surface area contributed by atoms with Gasteiger partial charge in [-0.05, 0) is 45.0 Å². The summed E-state index contributed by atoms with van der Waals surface area (Å²) in [6.45, 7) is 4.93. The van der Waals surface area contributed by atoms with Crippen LogP contribution in [0.2, 0.25) is 5.02 Å². The molecule has 2 amide bonds. The molecule has 0 aliphatic heterocycles. The molecule has 0 atom stereocenters. The van der Waals surface area contributed by atoms with E-state index in [4.69, 9.17) is 21.4 Å². The van der Waals surface area contributed by atoms with Gasteiger partial charge in [0.15, 0.2) is 5.82 Å². The number of aromatic nitrogens is 1. The number of halogens is 3. The number of thiazole rings is 1. The summed E-state index contributed by atoms with van der Waals surface area (Å²) in [5.41, 5.74) is 0.770. The van der Waals surface area contributed by atoms with E-state index in [1.54, 1.807) is 32.7 Å². The number of nitrogens with one attached hydrogen (secondary N) is 1. The molecule has 1 heterocycles. The molecule has 41 heavy (non-hydrogen) atoms. The Balaban J connectivity index is 1.98. The van der Waals surface area contributed by atoms with E-state index in [1.807, 2.05) is 0 Å². The number of carboxylic acid groups (broad SMARTS) is 1. The highest BCUT2D eigenvalue weighted by Crippen LogP contribution is 2.36. The molecule has 3 aromatic rings. The highest BCUT2D eigenvalue weighted by molar-refractivity contribution is 7.93. The topological polar surface area (TPSA) is 132 Å². The lowest BCUT2D eigenvalue weighted by Crippen LogP contribution is -2.41. The van der Waals surface area contributed by atoms with Crippen LogP contribution >= 0.6 is 22.9 Å². The normalized spacial score (nSPS) is 11.6. The van der Waals surface area contributed by atoms with Crippen LogP contribution in [0.1, 0.15) is 20.8 Å². The van der Waals surface area contributed by atoms with Crippen molar-refractivity contribution in [3.05, 3.63) is 57.9 Å². The maximum absolute atomic E-state index is 15.4. The third-order valence-electron chi connectivity index (χ3n) is 5.46. The van der Waals surface area contributed by atoms with Crippen molar-refractivity contribution in [2.75, 3.05) is 41.7 Å². The Hall–Kier alpha value is -3.69. The molecular formula is C25H28ClF2N5O6S2. The van der Waals surface area contributed by atoms with Gasteiger partial charge in [-0.2, -0.15) is 0 Å². The second-order valence-electron chi connectivity index (χ2n) is 9.77. The minimum atomic E-state index is -4.88. The van der Waals surface area contributed by atoms with Crippen molar-refractivity contribution in [3.8, 4) is 0 Å². The molecule has 3 rings (SSSR count). The lowest BCUT2D eigenvalue weighted by Gasteiger charge is -2.26. The molecule has 1 aromatic heterocycles. The molecule has 0 fully saturated rings. The fraction of sp³-hybridized carbons (Fsp3) is 0.320. The first kappa shape index (κ1) is 31.8. The molecule has 222 valence electrons. The largest absolute Gasteiger partial charge is 0.465 e. The van der Waals surface area contributed by atoms with Crippen LogP contribution in [0.4, 0.5) is 41.2 Å². The van der Waals surface area contributed by atoms with Crippen LogP contribution < -0.4 is 14.5 Å². The molecular weight excluding hydrogens is 604 g/mol. The molecule has 0 bridgehead atoms. The number of rotatable bonds is 9. The molecule has 0 aliphatic carbocycles. The molecule has 0 saturated heterocycles. The first-order valence-corrected chi connectivity index (χ1v) is 14.6. The lowest BCUT2D eigenvalue weighted by atomic mass is 10.2. The van der Waals surface area contributed by atoms with Crippen LogP contribution in [0, 0.1) is 11.6 Å². The molecule has 2 aromatic carbocycles. The second kappa shape index (κ2) is 12.4. The Morgan fingerprint density at radius 1 is 1.12 bits per heavy atom. The summed E-state index contributed by atoms with van der Waals surface area (Å²) in [7, 11) is -1.89. The molecule has 0 spiro atoms. The van der Waals surface area contributed by atoms with Gasteiger partial charge in [0.05, 0.1) is 27.6 Å². The van der Waals surface area contributed by atoms with E-state index >= 15 is 4.39 Å². The summed E-state index contributed by atoms with van der Waals surface area (Å²) < 4.78 is 62.1. The van der Waals surface area contributed by atoms with Gasteiger partial charge in [-0.25, -0.2) is 31.8 Å². The van der Waals surface area contributed by atoms with Gasteiger partial charge in [0.25, 0.3) is 10.0 Å². The average Bonchev–Trinajstić information content (AvgIpc) is 3.37. The number of likely N-dealkylation sites (N-methyl/N-ethyl adjacent to an activating group) is 2. The van der Waals surface area contributed by atoms with Gasteiger partial charge in [0.2, 0.25) is 0 Å². The lowest BCUT2D eigenvalue weighted by molar-refractivity contribution is 0.0608. The van der Waals surface area contributed by atoms with Gasteiger partial charge in [0.1, 0.15) is 22.1 Å². The predicted octanol–water partition coefficient (Wildman–Crippen LogP) is 5.99. The zero-order valence-corrected chi connectivity index (χ0v) is 25.1. The van der Waals surface area contributed by atoms with Crippen LogP contribution in [0.5, 0.6) is 0 Å². The zero-order chi connectivity index (χ0) is 30.7. The van der Waals surface area contributed by atoms with Crippen LogP contribution in [-0.2, 0) is 14.8 Å². The molecule has 0 saturated carbocycles. The van der Waals surface area contributed by atoms with E-state index in [9.17, 15) is 22.4 Å². The van der Waals surface area contributed by atoms with Crippen molar-refractivity contribution in [1.82, 2.24) is 9.88 Å². The van der Waals surface area contributed by atoms with E-state index < -0.39 is 44.3 Å². The second-order valence-corrected chi connectivity index (χ2v) is 12.7. The number of nitrogens with zero attached hydrogens (tertiary/aromatic N) is 4. The van der Waals surface area contributed by atoms with E-state index in [2.05, 4.69) is 10.3 Å². The highest BCUT2D eigenvalue weighted by Gasteiger charge is 2.38. The number of carbonyl (C=O) groups is 2. The van der Waals surface area contributed by atoms with Gasteiger partial charge in [-0.3, -0.25) is 0 Å². The third-order valence-corrected chi connectivity index (χ3v) is 8.04. The van der Waals surface area contributed by atoms with Crippen molar-refractivity contribution in [2.24, 2.45) is 0 Å². The van der Waals surface area contributed by atoms with Crippen molar-refractivity contribution in [3.63, 3.8) is 0 Å². The van der Waals surface area contributed by atoms with Crippen LogP contribution in [0.3, 0.4) is 0 Å². The Morgan fingerprint density at radius 3 is 2.39 bits per heavy atom. The average molecular weight is 632 g/mol. The first-order valence-electron chi connectivity index (χ1n) is 11.9. The van der Waals surface area contributed by atoms with Gasteiger partial charge in [-0.15, -0.1) is 15.6 Å². The minimum absolute atomic E-state index is 0.0514. The fourth-order valence-corrected chi connectivity index (χ4v) is 5.64. The summed E-state index contributed by atoms with van der Waals surface area (Å²) >= 11 is 7.39. The van der Waals surface area contributed by atoms with Gasteiger partial charge in [0, 0.05) is 38.6 Å². The number of sulfonamides is 1. The Morgan fingerprint density at radius 2 is 1.80 bits per heavy atom. The van der Waals surface area contributed by atoms with E-state index in [0.29, 0.717) is 5.69 Å². The zero-order valence-electron chi connectivity index (χ0n) is 22.7. The number of hydrogen-bond acceptors (Lipinski definition) is 9. The Bertz CT molecular complexity index is 1530. The van der Waals surface area contributed by atoms with Gasteiger partial charge >= 0.3 is 12.2 Å². The first-order chi connectivity index (χ1) is 19.0. The number of hydrogen-bond donors (Lipinski definition) is 2. The number of amides is 2. The monoisotopic (exact) mass is 631 g/mol. The molecule has 0 aliphatic rings. The highest BCUT2D eigenvalue weighted by atomic mass is 35.5. The van der Waals surface area contributed by atoms with Crippen molar-refractivity contribution in [2.45, 2.75) is 31.3 Å². The van der Waals surface area contributed by atoms with E-state index in [-0.39, 0.29) is 39.6 Å². The SMILES string of the molecule is CN(CCN(C)c1cc(F)ccc1Nc1cc(F)c(S(=O)(=O)N(C(=O)OC(C)(C)C)c2cscn2)cc1Cl)C(=O)O. The summed E-state index contributed by atoms with van der Waals surface area (Å²) in [6, 6.07) is 5.38. The Kier molecular flexibility index (Phi) is 9.66. The van der Waals surface area contributed by atoms with Crippen molar-refractivity contribution < 1.29 is 36.6 Å². The summed E-state index contributed by atoms with van der Waals surface area (Å²) in [5, 5.41) is 13.0. The number of ether oxygens (including phenoxy) is 1. The van der Waals surface area contributed by atoms with E-state index in [0.717, 1.165) is 34.4 Å². The number of benzene rings is 2. The number of anilines is 4. The standard InChI is InChI=1S/C25H28ClF2N5O6S2/c1-25(2,3)39-24(36)33(22-13-40-14-29-22)41(37,38)21-11-16(26)19(12-17(21)28)30-18-7-6-15(27)10-20(18)31(4)8-9-32(5)23(34)35/h6-7,10-14,30H,8-9H2,1-5H3,(H,34,35). The van der Waals surface area contributed by atoms with Gasteiger partial charge in [-0.1, -0.05) is 11.6 Å². The van der Waals surface area contributed by atoms with Gasteiger partial charge < -0.3 is 25.0 Å². The number of carbonyl (C=O) groups excluding carboxylic acids is 1. The summed E-state index contributed by atoms with van der Waals surface area (Å²) in [5.74, 6) is -2.10. The molecule has 0 unspecified atom stereocenters. The molecule has 2 N–H and O–H groups in total. The summed E-state index contributed by atoms with van der Waals surface area (Å²) in [4.78, 5) is 29.6. The molecule has 16 heteroatoms. The Labute approximate surface area is 245 Å². The maximum atomic E-state index is 15.4. The third kappa shape index (κ3) is 7.74. The van der Waals surface area contributed by atoms with Crippen LogP contribution in [0.15, 0.2) is 46.1 Å². The smallest absolute Gasteiger partial charge is 0.430 e. The van der Waals surface area contributed by atoms with Crippen molar-refractivity contribution in [1.29, 1.82) is 0 Å². The quantitative estimate of drug-likeness (QED) is 0.292. The fourth-order valence-electron chi connectivity index (χ4n) is 3.43.